The van der Waals surface area contributed by atoms with E-state index in [2.05, 4.69) is 51.0 Å². The Bertz CT molecular complexity index is 929. The van der Waals surface area contributed by atoms with Crippen LogP contribution < -0.4 is 14.8 Å². The monoisotopic (exact) mass is 443 g/mol. The van der Waals surface area contributed by atoms with E-state index in [1.165, 1.54) is 12.7 Å². The van der Waals surface area contributed by atoms with Crippen LogP contribution in [0.2, 0.25) is 0 Å². The number of aromatic nitrogens is 3. The van der Waals surface area contributed by atoms with Crippen LogP contribution in [0, 0.1) is 5.92 Å². The highest BCUT2D eigenvalue weighted by Crippen LogP contribution is 2.31. The Hall–Kier alpha value is -2.65. The van der Waals surface area contributed by atoms with Crippen LogP contribution in [-0.4, -0.2) is 65.6 Å². The summed E-state index contributed by atoms with van der Waals surface area (Å²) in [6.07, 6.45) is 1.62. The van der Waals surface area contributed by atoms with Gasteiger partial charge in [0.25, 0.3) is 0 Å². The molecule has 0 unspecified atom stereocenters. The third-order valence-electron chi connectivity index (χ3n) is 5.79. The topological polar surface area (TPSA) is 90.7 Å². The van der Waals surface area contributed by atoms with Crippen LogP contribution in [0.25, 0.3) is 0 Å². The lowest BCUT2D eigenvalue weighted by Crippen LogP contribution is -2.34. The Kier molecular flexibility index (Phi) is 7.26. The molecule has 0 aliphatic carbocycles. The third-order valence-corrected chi connectivity index (χ3v) is 5.79. The maximum Gasteiger partial charge on any atom is 0.246 e. The number of carbonyl (C=O) groups excluding carboxylic acids is 1. The molecule has 1 aromatic heterocycles. The molecule has 0 fully saturated rings. The number of methoxy groups -OCH3 is 1. The summed E-state index contributed by atoms with van der Waals surface area (Å²) in [5.41, 5.74) is 1.21. The summed E-state index contributed by atoms with van der Waals surface area (Å²) in [4.78, 5) is 14.6. The largest absolute Gasteiger partial charge is 0.486 e. The Morgan fingerprint density at radius 1 is 1.16 bits per heavy atom. The number of hydrogen-bond acceptors (Lipinski definition) is 7. The second-order valence-corrected chi connectivity index (χ2v) is 8.81. The van der Waals surface area contributed by atoms with Crippen LogP contribution >= 0.6 is 0 Å². The van der Waals surface area contributed by atoms with Crippen molar-refractivity contribution in [3.8, 4) is 11.5 Å². The first-order chi connectivity index (χ1) is 15.5. The molecule has 0 saturated carbocycles. The molecule has 2 aliphatic heterocycles. The Morgan fingerprint density at radius 2 is 1.97 bits per heavy atom. The molecular formula is C23H33N5O4. The molecule has 2 aliphatic rings. The fraction of sp³-hybridized carbons (Fsp3) is 0.609. The molecule has 0 saturated heterocycles. The summed E-state index contributed by atoms with van der Waals surface area (Å²) >= 11 is 0. The van der Waals surface area contributed by atoms with Crippen LogP contribution in [0.5, 0.6) is 11.5 Å². The quantitative estimate of drug-likeness (QED) is 0.667. The Balaban J connectivity index is 1.44. The minimum Gasteiger partial charge on any atom is -0.486 e. The van der Waals surface area contributed by atoms with E-state index in [4.69, 9.17) is 14.2 Å². The van der Waals surface area contributed by atoms with Crippen molar-refractivity contribution in [1.82, 2.24) is 25.0 Å². The molecule has 1 atom stereocenters. The molecule has 3 heterocycles. The van der Waals surface area contributed by atoms with Crippen LogP contribution in [-0.2, 0) is 29.0 Å². The van der Waals surface area contributed by atoms with Crippen LogP contribution in [0.15, 0.2) is 18.2 Å². The van der Waals surface area contributed by atoms with Crippen LogP contribution in [0.3, 0.4) is 0 Å². The minimum absolute atomic E-state index is 0.0406. The van der Waals surface area contributed by atoms with E-state index in [1.807, 2.05) is 6.07 Å². The lowest BCUT2D eigenvalue weighted by molar-refractivity contribution is -0.125. The summed E-state index contributed by atoms with van der Waals surface area (Å²) in [7, 11) is 1.52. The van der Waals surface area contributed by atoms with Gasteiger partial charge in [0, 0.05) is 39.7 Å². The molecule has 1 amide bonds. The Labute approximate surface area is 189 Å². The van der Waals surface area contributed by atoms with E-state index in [0.29, 0.717) is 19.1 Å². The molecule has 1 N–H and O–H groups in total. The van der Waals surface area contributed by atoms with Crippen molar-refractivity contribution in [3.05, 3.63) is 35.4 Å². The number of nitrogens with zero attached hydrogens (tertiary/aromatic N) is 4. The summed E-state index contributed by atoms with van der Waals surface area (Å²) in [5.74, 6) is 3.72. The molecule has 2 aromatic rings. The maximum atomic E-state index is 12.2. The fourth-order valence-corrected chi connectivity index (χ4v) is 4.32. The van der Waals surface area contributed by atoms with E-state index in [-0.39, 0.29) is 18.6 Å². The second-order valence-electron chi connectivity index (χ2n) is 8.81. The lowest BCUT2D eigenvalue weighted by Gasteiger charge is -2.23. The number of fused-ring (bicyclic) bond motifs is 2. The summed E-state index contributed by atoms with van der Waals surface area (Å²) in [6, 6.07) is 6.00. The fourth-order valence-electron chi connectivity index (χ4n) is 4.32. The number of carbonyl (C=O) groups is 1. The highest BCUT2D eigenvalue weighted by Gasteiger charge is 2.26. The number of ether oxygens (including phenoxy) is 3. The molecule has 174 valence electrons. The van der Waals surface area contributed by atoms with Gasteiger partial charge in [0.1, 0.15) is 25.6 Å². The smallest absolute Gasteiger partial charge is 0.246 e. The van der Waals surface area contributed by atoms with E-state index < -0.39 is 0 Å². The Morgan fingerprint density at radius 3 is 2.75 bits per heavy atom. The van der Waals surface area contributed by atoms with Crippen molar-refractivity contribution in [3.63, 3.8) is 0 Å². The predicted octanol–water partition coefficient (Wildman–Crippen LogP) is 1.96. The second kappa shape index (κ2) is 10.3. The highest BCUT2D eigenvalue weighted by atomic mass is 16.6. The zero-order chi connectivity index (χ0) is 22.5. The van der Waals surface area contributed by atoms with Crippen molar-refractivity contribution in [2.24, 2.45) is 5.92 Å². The van der Waals surface area contributed by atoms with Gasteiger partial charge in [-0.15, -0.1) is 10.2 Å². The van der Waals surface area contributed by atoms with Gasteiger partial charge in [-0.1, -0.05) is 19.9 Å². The van der Waals surface area contributed by atoms with Crippen molar-refractivity contribution < 1.29 is 19.0 Å². The summed E-state index contributed by atoms with van der Waals surface area (Å²) in [5, 5.41) is 12.0. The van der Waals surface area contributed by atoms with Crippen molar-refractivity contribution in [2.75, 3.05) is 40.0 Å². The van der Waals surface area contributed by atoms with Crippen LogP contribution in [0.4, 0.5) is 0 Å². The lowest BCUT2D eigenvalue weighted by atomic mass is 10.0. The molecule has 9 nitrogen and oxygen atoms in total. The van der Waals surface area contributed by atoms with Gasteiger partial charge in [-0.3, -0.25) is 9.69 Å². The maximum absolute atomic E-state index is 12.2. The van der Waals surface area contributed by atoms with E-state index in [9.17, 15) is 4.79 Å². The van der Waals surface area contributed by atoms with E-state index >= 15 is 0 Å². The van der Waals surface area contributed by atoms with Crippen LogP contribution in [0.1, 0.15) is 43.5 Å². The summed E-state index contributed by atoms with van der Waals surface area (Å²) < 4.78 is 18.5. The van der Waals surface area contributed by atoms with Gasteiger partial charge in [-0.25, -0.2) is 0 Å². The number of nitrogens with one attached hydrogen (secondary N) is 1. The van der Waals surface area contributed by atoms with E-state index in [1.54, 1.807) is 0 Å². The minimum atomic E-state index is -0.178. The molecule has 0 bridgehead atoms. The molecule has 4 rings (SSSR count). The van der Waals surface area contributed by atoms with Gasteiger partial charge in [-0.2, -0.15) is 0 Å². The summed E-state index contributed by atoms with van der Waals surface area (Å²) in [6.45, 7) is 8.93. The SMILES string of the molecule is COCC(=O)N[C@H](CC(C)C)c1nnc2n1CCN(Cc1ccc3c(c1)OCCO3)CC2. The van der Waals surface area contributed by atoms with Crippen molar-refractivity contribution in [1.29, 1.82) is 0 Å². The van der Waals surface area contributed by atoms with Crippen molar-refractivity contribution >= 4 is 5.91 Å². The molecule has 0 spiro atoms. The highest BCUT2D eigenvalue weighted by molar-refractivity contribution is 5.77. The first-order valence-corrected chi connectivity index (χ1v) is 11.3. The first-order valence-electron chi connectivity index (χ1n) is 11.3. The zero-order valence-electron chi connectivity index (χ0n) is 19.2. The number of hydrogen-bond donors (Lipinski definition) is 1. The van der Waals surface area contributed by atoms with Gasteiger partial charge in [0.2, 0.25) is 5.91 Å². The third kappa shape index (κ3) is 5.39. The van der Waals surface area contributed by atoms with Crippen molar-refractivity contribution in [2.45, 2.75) is 45.8 Å². The van der Waals surface area contributed by atoms with Gasteiger partial charge < -0.3 is 24.1 Å². The van der Waals surface area contributed by atoms with Gasteiger partial charge in [0.15, 0.2) is 17.3 Å². The first kappa shape index (κ1) is 22.5. The molecular weight excluding hydrogens is 410 g/mol. The normalized spacial score (nSPS) is 17.0. The predicted molar refractivity (Wildman–Crippen MR) is 119 cm³/mol. The molecule has 1 aromatic carbocycles. The van der Waals surface area contributed by atoms with Gasteiger partial charge in [0.05, 0.1) is 6.04 Å². The van der Waals surface area contributed by atoms with E-state index in [0.717, 1.165) is 62.2 Å². The van der Waals surface area contributed by atoms with Gasteiger partial charge >= 0.3 is 0 Å². The standard InChI is InChI=1S/C23H33N5O4/c1-16(2)12-18(24-22(29)15-30-3)23-26-25-21-6-7-27(8-9-28(21)23)14-17-4-5-19-20(13-17)32-11-10-31-19/h4-5,13,16,18H,6-12,14-15H2,1-3H3,(H,24,29)/t18-/m1/s1. The number of benzene rings is 1. The number of rotatable bonds is 8. The average Bonchev–Trinajstić information content (AvgIpc) is 3.07. The molecule has 32 heavy (non-hydrogen) atoms. The zero-order valence-corrected chi connectivity index (χ0v) is 19.2. The molecule has 9 heteroatoms. The van der Waals surface area contributed by atoms with Gasteiger partial charge in [-0.05, 0) is 30.0 Å². The number of amides is 1. The molecule has 0 radical (unpaired) electrons. The average molecular weight is 444 g/mol.